The number of hydrogen-bond donors (Lipinski definition) is 1. The van der Waals surface area contributed by atoms with Gasteiger partial charge in [0.15, 0.2) is 5.78 Å². The van der Waals surface area contributed by atoms with E-state index in [9.17, 15) is 14.9 Å². The van der Waals surface area contributed by atoms with Gasteiger partial charge in [0.2, 0.25) is 0 Å². The first-order chi connectivity index (χ1) is 13.6. The quantitative estimate of drug-likeness (QED) is 0.483. The number of rotatable bonds is 2. The molecular weight excluding hydrogens is 352 g/mol. The average Bonchev–Trinajstić information content (AvgIpc) is 2.73. The molecule has 1 atom stereocenters. The zero-order valence-electron chi connectivity index (χ0n) is 15.1. The highest BCUT2D eigenvalue weighted by Gasteiger charge is 2.34. The number of hydrogen-bond acceptors (Lipinski definition) is 4. The number of benzene rings is 3. The normalized spacial score (nSPS) is 18.4. The van der Waals surface area contributed by atoms with Crippen molar-refractivity contribution < 1.29 is 9.72 Å². The van der Waals surface area contributed by atoms with E-state index in [0.717, 1.165) is 51.6 Å². The van der Waals surface area contributed by atoms with Crippen LogP contribution in [0.25, 0.3) is 16.3 Å². The van der Waals surface area contributed by atoms with Crippen LogP contribution in [0, 0.1) is 10.1 Å². The van der Waals surface area contributed by atoms with Crippen molar-refractivity contribution in [2.75, 3.05) is 5.32 Å². The van der Waals surface area contributed by atoms with Crippen LogP contribution in [0.1, 0.15) is 36.4 Å². The average molecular weight is 370 g/mol. The van der Waals surface area contributed by atoms with Gasteiger partial charge in [-0.1, -0.05) is 30.3 Å². The van der Waals surface area contributed by atoms with Crippen LogP contribution >= 0.6 is 0 Å². The van der Waals surface area contributed by atoms with Crippen molar-refractivity contribution in [3.63, 3.8) is 0 Å². The van der Waals surface area contributed by atoms with Gasteiger partial charge in [0.1, 0.15) is 0 Å². The Balaban J connectivity index is 1.72. The standard InChI is InChI=1S/C23H18N2O3/c26-20-7-3-6-18-21-17-5-2-1-4-14(17)10-13-19(21)24-23(22(18)20)15-8-11-16(12-9-15)25(27)28/h1-2,4-5,8-13,23-24H,3,6-7H2/t23-/m0/s1. The second-order valence-electron chi connectivity index (χ2n) is 7.30. The number of carbonyl (C=O) groups excluding carboxylic acids is 1. The fraction of sp³-hybridized carbons (Fsp3) is 0.174. The number of anilines is 1. The Morgan fingerprint density at radius 2 is 1.75 bits per heavy atom. The summed E-state index contributed by atoms with van der Waals surface area (Å²) in [5.74, 6) is 0.163. The SMILES string of the molecule is O=C1CCCC2=C1[C@H](c1ccc([N+](=O)[O-])cc1)Nc1ccc3ccccc3c12. The van der Waals surface area contributed by atoms with E-state index in [2.05, 4.69) is 29.6 Å². The number of ketones is 1. The third-order valence-electron chi connectivity index (χ3n) is 5.71. The molecule has 1 aliphatic carbocycles. The molecule has 28 heavy (non-hydrogen) atoms. The van der Waals surface area contributed by atoms with Crippen LogP contribution in [0.5, 0.6) is 0 Å². The number of fused-ring (bicyclic) bond motifs is 4. The van der Waals surface area contributed by atoms with Crippen molar-refractivity contribution in [3.8, 4) is 0 Å². The number of nitrogens with one attached hydrogen (secondary N) is 1. The van der Waals surface area contributed by atoms with E-state index in [0.29, 0.717) is 6.42 Å². The van der Waals surface area contributed by atoms with E-state index in [1.807, 2.05) is 12.1 Å². The number of allylic oxidation sites excluding steroid dienone is 1. The molecule has 5 heteroatoms. The van der Waals surface area contributed by atoms with Gasteiger partial charge in [0.05, 0.1) is 11.0 Å². The molecule has 3 aromatic carbocycles. The van der Waals surface area contributed by atoms with E-state index in [1.165, 1.54) is 12.1 Å². The summed E-state index contributed by atoms with van der Waals surface area (Å²) in [6.07, 6.45) is 2.27. The number of non-ortho nitro benzene ring substituents is 1. The minimum atomic E-state index is -0.407. The van der Waals surface area contributed by atoms with Crippen molar-refractivity contribution in [1.82, 2.24) is 0 Å². The van der Waals surface area contributed by atoms with Crippen LogP contribution in [-0.2, 0) is 4.79 Å². The minimum absolute atomic E-state index is 0.0510. The first-order valence-corrected chi connectivity index (χ1v) is 9.43. The summed E-state index contributed by atoms with van der Waals surface area (Å²) < 4.78 is 0. The van der Waals surface area contributed by atoms with E-state index >= 15 is 0 Å². The summed E-state index contributed by atoms with van der Waals surface area (Å²) in [6.45, 7) is 0. The molecule has 0 saturated carbocycles. The second-order valence-corrected chi connectivity index (χ2v) is 7.30. The molecule has 1 heterocycles. The van der Waals surface area contributed by atoms with Crippen molar-refractivity contribution in [3.05, 3.63) is 87.5 Å². The van der Waals surface area contributed by atoms with Gasteiger partial charge >= 0.3 is 0 Å². The maximum Gasteiger partial charge on any atom is 0.269 e. The molecule has 0 aromatic heterocycles. The molecule has 0 unspecified atom stereocenters. The Labute approximate surface area is 161 Å². The molecule has 0 bridgehead atoms. The van der Waals surface area contributed by atoms with Gasteiger partial charge < -0.3 is 5.32 Å². The lowest BCUT2D eigenvalue weighted by Gasteiger charge is -2.35. The van der Waals surface area contributed by atoms with Gasteiger partial charge in [-0.2, -0.15) is 0 Å². The van der Waals surface area contributed by atoms with Crippen LogP contribution < -0.4 is 5.32 Å². The Morgan fingerprint density at radius 3 is 2.54 bits per heavy atom. The summed E-state index contributed by atoms with van der Waals surface area (Å²) in [5, 5.41) is 16.8. The van der Waals surface area contributed by atoms with Gasteiger partial charge in [-0.05, 0) is 52.9 Å². The molecule has 138 valence electrons. The van der Waals surface area contributed by atoms with Crippen LogP contribution in [-0.4, -0.2) is 10.7 Å². The third kappa shape index (κ3) is 2.51. The molecule has 1 aliphatic heterocycles. The largest absolute Gasteiger partial charge is 0.373 e. The molecule has 1 N–H and O–H groups in total. The summed E-state index contributed by atoms with van der Waals surface area (Å²) in [7, 11) is 0. The van der Waals surface area contributed by atoms with E-state index in [-0.39, 0.29) is 17.5 Å². The Morgan fingerprint density at radius 1 is 0.964 bits per heavy atom. The fourth-order valence-electron chi connectivity index (χ4n) is 4.44. The first kappa shape index (κ1) is 16.7. The molecule has 3 aromatic rings. The monoisotopic (exact) mass is 370 g/mol. The predicted molar refractivity (Wildman–Crippen MR) is 109 cm³/mol. The van der Waals surface area contributed by atoms with E-state index in [4.69, 9.17) is 0 Å². The second kappa shape index (κ2) is 6.30. The molecule has 5 rings (SSSR count). The maximum atomic E-state index is 12.9. The minimum Gasteiger partial charge on any atom is -0.373 e. The van der Waals surface area contributed by atoms with E-state index < -0.39 is 4.92 Å². The molecule has 5 nitrogen and oxygen atoms in total. The fourth-order valence-corrected chi connectivity index (χ4v) is 4.44. The van der Waals surface area contributed by atoms with Gasteiger partial charge in [0, 0.05) is 35.4 Å². The number of Topliss-reactive ketones (excluding diaryl/α,β-unsaturated/α-hetero) is 1. The molecular formula is C23H18N2O3. The summed E-state index contributed by atoms with van der Waals surface area (Å²) in [5.41, 5.74) is 4.98. The number of carbonyl (C=O) groups is 1. The molecule has 0 spiro atoms. The third-order valence-corrected chi connectivity index (χ3v) is 5.71. The van der Waals surface area contributed by atoms with Gasteiger partial charge in [0.25, 0.3) is 5.69 Å². The van der Waals surface area contributed by atoms with Crippen molar-refractivity contribution in [2.24, 2.45) is 0 Å². The summed E-state index contributed by atoms with van der Waals surface area (Å²) in [4.78, 5) is 23.5. The van der Waals surface area contributed by atoms with Crippen LogP contribution in [0.2, 0.25) is 0 Å². The lowest BCUT2D eigenvalue weighted by atomic mass is 9.77. The van der Waals surface area contributed by atoms with E-state index in [1.54, 1.807) is 12.1 Å². The Kier molecular flexibility index (Phi) is 3.76. The van der Waals surface area contributed by atoms with Crippen molar-refractivity contribution >= 4 is 33.5 Å². The first-order valence-electron chi connectivity index (χ1n) is 9.43. The van der Waals surface area contributed by atoms with Gasteiger partial charge in [-0.25, -0.2) is 0 Å². The number of nitrogens with zero attached hydrogens (tertiary/aromatic N) is 1. The predicted octanol–water partition coefficient (Wildman–Crippen LogP) is 5.42. The smallest absolute Gasteiger partial charge is 0.269 e. The lowest BCUT2D eigenvalue weighted by molar-refractivity contribution is -0.384. The summed E-state index contributed by atoms with van der Waals surface area (Å²) in [6, 6.07) is 18.6. The van der Waals surface area contributed by atoms with Crippen LogP contribution in [0.15, 0.2) is 66.2 Å². The molecule has 0 fully saturated rings. The van der Waals surface area contributed by atoms with Gasteiger partial charge in [-0.3, -0.25) is 14.9 Å². The van der Waals surface area contributed by atoms with Crippen molar-refractivity contribution in [1.29, 1.82) is 0 Å². The number of nitro groups is 1. The highest BCUT2D eigenvalue weighted by molar-refractivity contribution is 6.12. The van der Waals surface area contributed by atoms with Gasteiger partial charge in [-0.15, -0.1) is 0 Å². The zero-order chi connectivity index (χ0) is 19.3. The molecule has 0 amide bonds. The molecule has 0 radical (unpaired) electrons. The Hall–Kier alpha value is -3.47. The molecule has 0 saturated heterocycles. The Bertz CT molecular complexity index is 1160. The van der Waals surface area contributed by atoms with Crippen molar-refractivity contribution in [2.45, 2.75) is 25.3 Å². The van der Waals surface area contributed by atoms with Crippen LogP contribution in [0.4, 0.5) is 11.4 Å². The summed E-state index contributed by atoms with van der Waals surface area (Å²) >= 11 is 0. The topological polar surface area (TPSA) is 72.2 Å². The highest BCUT2D eigenvalue weighted by atomic mass is 16.6. The highest BCUT2D eigenvalue weighted by Crippen LogP contribution is 2.47. The molecule has 2 aliphatic rings. The zero-order valence-corrected chi connectivity index (χ0v) is 15.1. The maximum absolute atomic E-state index is 12.9. The van der Waals surface area contributed by atoms with Crippen LogP contribution in [0.3, 0.4) is 0 Å². The lowest BCUT2D eigenvalue weighted by Crippen LogP contribution is -2.27. The number of nitro benzene ring substituents is 1.